The molecule has 0 spiro atoms. The van der Waals surface area contributed by atoms with E-state index in [1.54, 1.807) is 12.1 Å². The van der Waals surface area contributed by atoms with E-state index in [4.69, 9.17) is 9.15 Å². The van der Waals surface area contributed by atoms with Gasteiger partial charge in [0.15, 0.2) is 0 Å². The average Bonchev–Trinajstić information content (AvgIpc) is 2.82. The molecular formula is C12H19NO3. The van der Waals surface area contributed by atoms with Crippen LogP contribution in [0.4, 0.5) is 0 Å². The highest BCUT2D eigenvalue weighted by Gasteiger charge is 2.12. The Kier molecular flexibility index (Phi) is 5.64. The summed E-state index contributed by atoms with van der Waals surface area (Å²) in [5.41, 5.74) is 0. The first-order valence-electron chi connectivity index (χ1n) is 5.72. The summed E-state index contributed by atoms with van der Waals surface area (Å²) in [6, 6.07) is 3.49. The van der Waals surface area contributed by atoms with Gasteiger partial charge in [0.05, 0.1) is 6.26 Å². The van der Waals surface area contributed by atoms with Gasteiger partial charge in [0.1, 0.15) is 6.61 Å². The van der Waals surface area contributed by atoms with Crippen LogP contribution in [0.25, 0.3) is 0 Å². The number of hydrogen-bond acceptors (Lipinski definition) is 4. The molecule has 1 N–H and O–H groups in total. The lowest BCUT2D eigenvalue weighted by atomic mass is 10.2. The van der Waals surface area contributed by atoms with Gasteiger partial charge < -0.3 is 14.5 Å². The second-order valence-electron chi connectivity index (χ2n) is 3.64. The molecule has 16 heavy (non-hydrogen) atoms. The zero-order valence-electron chi connectivity index (χ0n) is 9.86. The molecule has 1 aromatic heterocycles. The Bertz CT molecular complexity index is 295. The van der Waals surface area contributed by atoms with E-state index in [1.807, 2.05) is 0 Å². The van der Waals surface area contributed by atoms with E-state index >= 15 is 0 Å². The quantitative estimate of drug-likeness (QED) is 0.723. The molecule has 4 nitrogen and oxygen atoms in total. The first kappa shape index (κ1) is 12.8. The highest BCUT2D eigenvalue weighted by molar-refractivity contribution is 5.86. The van der Waals surface area contributed by atoms with Crippen molar-refractivity contribution in [2.24, 2.45) is 0 Å². The van der Waals surface area contributed by atoms with Gasteiger partial charge in [-0.3, -0.25) is 0 Å². The molecular weight excluding hydrogens is 206 g/mol. The molecule has 4 heteroatoms. The van der Waals surface area contributed by atoms with E-state index in [0.717, 1.165) is 19.4 Å². The van der Waals surface area contributed by atoms with E-state index in [2.05, 4.69) is 19.2 Å². The third-order valence-corrected chi connectivity index (χ3v) is 2.31. The minimum absolute atomic E-state index is 0.221. The van der Waals surface area contributed by atoms with Crippen LogP contribution in [0.2, 0.25) is 0 Å². The molecule has 0 amide bonds. The molecule has 0 saturated carbocycles. The van der Waals surface area contributed by atoms with Gasteiger partial charge in [-0.25, -0.2) is 4.79 Å². The first-order valence-corrected chi connectivity index (χ1v) is 5.72. The molecule has 0 aromatic carbocycles. The van der Waals surface area contributed by atoms with Crippen LogP contribution in [0.5, 0.6) is 0 Å². The number of nitrogens with one attached hydrogen (secondary N) is 1. The number of esters is 1. The van der Waals surface area contributed by atoms with Gasteiger partial charge in [-0.1, -0.05) is 13.8 Å². The number of ether oxygens (including phenoxy) is 1. The van der Waals surface area contributed by atoms with Crippen molar-refractivity contribution in [3.05, 3.63) is 24.2 Å². The van der Waals surface area contributed by atoms with E-state index in [-0.39, 0.29) is 11.8 Å². The summed E-state index contributed by atoms with van der Waals surface area (Å²) in [7, 11) is 0. The molecule has 1 aromatic rings. The van der Waals surface area contributed by atoms with E-state index in [0.29, 0.717) is 6.61 Å². The van der Waals surface area contributed by atoms with E-state index in [9.17, 15) is 4.79 Å². The predicted molar refractivity (Wildman–Crippen MR) is 61.4 cm³/mol. The summed E-state index contributed by atoms with van der Waals surface area (Å²) in [4.78, 5) is 11.5. The maximum absolute atomic E-state index is 11.5. The first-order chi connectivity index (χ1) is 7.77. The third-order valence-electron chi connectivity index (χ3n) is 2.31. The molecule has 0 saturated heterocycles. The Balaban J connectivity index is 2.29. The fourth-order valence-corrected chi connectivity index (χ4v) is 1.31. The van der Waals surface area contributed by atoms with Crippen LogP contribution in [0, 0.1) is 0 Å². The normalized spacial score (nSPS) is 12.4. The van der Waals surface area contributed by atoms with Crippen molar-refractivity contribution in [2.75, 3.05) is 13.2 Å². The average molecular weight is 225 g/mol. The van der Waals surface area contributed by atoms with Gasteiger partial charge in [0.25, 0.3) is 0 Å². The standard InChI is InChI=1S/C12H19NO3/c1-3-7-13-10(4-2)9-16-12(14)11-6-5-8-15-11/h5-6,8,10,13H,3-4,7,9H2,1-2H3. The lowest BCUT2D eigenvalue weighted by molar-refractivity contribution is 0.0427. The molecule has 0 aliphatic carbocycles. The fourth-order valence-electron chi connectivity index (χ4n) is 1.31. The maximum Gasteiger partial charge on any atom is 0.374 e. The van der Waals surface area contributed by atoms with Crippen molar-refractivity contribution in [1.82, 2.24) is 5.32 Å². The highest BCUT2D eigenvalue weighted by Crippen LogP contribution is 2.03. The molecule has 1 rings (SSSR count). The monoisotopic (exact) mass is 225 g/mol. The second-order valence-corrected chi connectivity index (χ2v) is 3.64. The molecule has 0 aliphatic rings. The second kappa shape index (κ2) is 7.06. The smallest absolute Gasteiger partial charge is 0.374 e. The van der Waals surface area contributed by atoms with Crippen molar-refractivity contribution in [2.45, 2.75) is 32.7 Å². The Morgan fingerprint density at radius 2 is 2.38 bits per heavy atom. The van der Waals surface area contributed by atoms with Gasteiger partial charge in [0, 0.05) is 6.04 Å². The Morgan fingerprint density at radius 3 is 2.94 bits per heavy atom. The molecule has 1 unspecified atom stereocenters. The van der Waals surface area contributed by atoms with E-state index < -0.39 is 5.97 Å². The summed E-state index contributed by atoms with van der Waals surface area (Å²) in [5.74, 6) is -0.146. The van der Waals surface area contributed by atoms with Crippen molar-refractivity contribution in [3.63, 3.8) is 0 Å². The van der Waals surface area contributed by atoms with Crippen molar-refractivity contribution in [1.29, 1.82) is 0 Å². The van der Waals surface area contributed by atoms with Gasteiger partial charge in [0.2, 0.25) is 5.76 Å². The van der Waals surface area contributed by atoms with Crippen molar-refractivity contribution >= 4 is 5.97 Å². The van der Waals surface area contributed by atoms with E-state index in [1.165, 1.54) is 6.26 Å². The summed E-state index contributed by atoms with van der Waals surface area (Å²) in [5, 5.41) is 3.31. The van der Waals surface area contributed by atoms with Crippen LogP contribution < -0.4 is 5.32 Å². The Morgan fingerprint density at radius 1 is 1.56 bits per heavy atom. The molecule has 0 fully saturated rings. The lowest BCUT2D eigenvalue weighted by Gasteiger charge is -2.15. The van der Waals surface area contributed by atoms with Crippen molar-refractivity contribution < 1.29 is 13.9 Å². The van der Waals surface area contributed by atoms with Crippen LogP contribution in [-0.4, -0.2) is 25.2 Å². The molecule has 90 valence electrons. The minimum atomic E-state index is -0.401. The fraction of sp³-hybridized carbons (Fsp3) is 0.583. The van der Waals surface area contributed by atoms with Crippen LogP contribution in [0.1, 0.15) is 37.2 Å². The molecule has 0 radical (unpaired) electrons. The number of rotatable bonds is 7. The van der Waals surface area contributed by atoms with Gasteiger partial charge in [-0.15, -0.1) is 0 Å². The minimum Gasteiger partial charge on any atom is -0.458 e. The summed E-state index contributed by atoms with van der Waals surface area (Å²) in [6.07, 6.45) is 3.47. The SMILES string of the molecule is CCCNC(CC)COC(=O)c1ccco1. The highest BCUT2D eigenvalue weighted by atomic mass is 16.5. The molecule has 0 bridgehead atoms. The lowest BCUT2D eigenvalue weighted by Crippen LogP contribution is -2.34. The van der Waals surface area contributed by atoms with Gasteiger partial charge >= 0.3 is 5.97 Å². The van der Waals surface area contributed by atoms with Gasteiger partial charge in [-0.2, -0.15) is 0 Å². The zero-order chi connectivity index (χ0) is 11.8. The van der Waals surface area contributed by atoms with Crippen LogP contribution in [0.15, 0.2) is 22.8 Å². The molecule has 1 atom stereocenters. The largest absolute Gasteiger partial charge is 0.458 e. The Labute approximate surface area is 96.0 Å². The zero-order valence-corrected chi connectivity index (χ0v) is 9.86. The topological polar surface area (TPSA) is 51.5 Å². The number of hydrogen-bond donors (Lipinski definition) is 1. The van der Waals surface area contributed by atoms with Gasteiger partial charge in [-0.05, 0) is 31.5 Å². The van der Waals surface area contributed by atoms with Crippen LogP contribution in [-0.2, 0) is 4.74 Å². The molecule has 1 heterocycles. The van der Waals surface area contributed by atoms with Crippen molar-refractivity contribution in [3.8, 4) is 0 Å². The summed E-state index contributed by atoms with van der Waals surface area (Å²) < 4.78 is 10.1. The summed E-state index contributed by atoms with van der Waals surface area (Å²) >= 11 is 0. The van der Waals surface area contributed by atoms with Crippen LogP contribution in [0.3, 0.4) is 0 Å². The third kappa shape index (κ3) is 4.06. The van der Waals surface area contributed by atoms with Crippen LogP contribution >= 0.6 is 0 Å². The number of carbonyl (C=O) groups excluding carboxylic acids is 1. The number of furan rings is 1. The number of carbonyl (C=O) groups is 1. The predicted octanol–water partition coefficient (Wildman–Crippen LogP) is 2.21. The maximum atomic E-state index is 11.5. The molecule has 0 aliphatic heterocycles. The summed E-state index contributed by atoms with van der Waals surface area (Å²) in [6.45, 7) is 5.50. The Hall–Kier alpha value is -1.29.